The van der Waals surface area contributed by atoms with Crippen LogP contribution in [0.2, 0.25) is 0 Å². The first-order chi connectivity index (χ1) is 18.6. The average molecular weight is 622 g/mol. The third kappa shape index (κ3) is 7.98. The van der Waals surface area contributed by atoms with Crippen molar-refractivity contribution in [2.75, 3.05) is 31.5 Å². The molecular formula is C28H34Cl2N6O4S. The lowest BCUT2D eigenvalue weighted by Crippen LogP contribution is -2.36. The van der Waals surface area contributed by atoms with E-state index in [4.69, 9.17) is 16.1 Å². The van der Waals surface area contributed by atoms with Gasteiger partial charge in [0, 0.05) is 31.6 Å². The number of rotatable bonds is 12. The topological polar surface area (TPSA) is 146 Å². The standard InChI is InChI=1S/C28H32N6O4S.2ClH/c1-32(2)16-17-34(39(37,38)23-6-4-3-5-7-23)22-12-13-25-24(19-22)31-26(33(25)15-14-27(35)36)18-20-8-10-21(11-9-20)28(29)30;;/h3-13,19H,14-18H2,1-2H3,(H3,29,30)(H,35,36);2*1H. The number of amidine groups is 1. The van der Waals surface area contributed by atoms with Crippen LogP contribution in [0.15, 0.2) is 77.7 Å². The minimum atomic E-state index is -3.84. The normalized spacial score (nSPS) is 11.1. The van der Waals surface area contributed by atoms with Crippen molar-refractivity contribution in [3.8, 4) is 0 Å². The molecule has 13 heteroatoms. The molecule has 0 spiro atoms. The van der Waals surface area contributed by atoms with Crippen molar-refractivity contribution in [3.63, 3.8) is 0 Å². The molecule has 0 radical (unpaired) electrons. The van der Waals surface area contributed by atoms with Gasteiger partial charge in [-0.05, 0) is 50.0 Å². The Morgan fingerprint density at radius 1 is 1.00 bits per heavy atom. The Hall–Kier alpha value is -3.64. The molecule has 1 heterocycles. The van der Waals surface area contributed by atoms with E-state index in [0.717, 1.165) is 11.1 Å². The van der Waals surface area contributed by atoms with Crippen LogP contribution in [0.5, 0.6) is 0 Å². The number of hydrogen-bond donors (Lipinski definition) is 3. The predicted octanol–water partition coefficient (Wildman–Crippen LogP) is 3.99. The molecule has 3 aromatic carbocycles. The fourth-order valence-corrected chi connectivity index (χ4v) is 5.77. The zero-order valence-corrected chi connectivity index (χ0v) is 25.2. The third-order valence-electron chi connectivity index (χ3n) is 6.36. The van der Waals surface area contributed by atoms with Crippen molar-refractivity contribution >= 4 is 63.4 Å². The van der Waals surface area contributed by atoms with Crippen LogP contribution < -0.4 is 10.0 Å². The highest BCUT2D eigenvalue weighted by atomic mass is 35.5. The number of carbonyl (C=O) groups is 1. The fourth-order valence-electron chi connectivity index (χ4n) is 4.30. The monoisotopic (exact) mass is 620 g/mol. The summed E-state index contributed by atoms with van der Waals surface area (Å²) < 4.78 is 30.5. The lowest BCUT2D eigenvalue weighted by molar-refractivity contribution is -0.137. The number of nitrogen functional groups attached to an aromatic ring is 1. The molecule has 0 aliphatic carbocycles. The maximum Gasteiger partial charge on any atom is 0.305 e. The number of carboxylic acids is 1. The number of likely N-dealkylation sites (N-methyl/N-ethyl adjacent to an activating group) is 1. The lowest BCUT2D eigenvalue weighted by Gasteiger charge is -2.26. The van der Waals surface area contributed by atoms with E-state index in [1.165, 1.54) is 4.31 Å². The minimum absolute atomic E-state index is 0. The maximum absolute atomic E-state index is 13.6. The molecule has 4 N–H and O–H groups in total. The zero-order chi connectivity index (χ0) is 28.2. The number of nitrogens with zero attached hydrogens (tertiary/aromatic N) is 4. The van der Waals surface area contributed by atoms with Crippen molar-refractivity contribution in [2.45, 2.75) is 24.3 Å². The van der Waals surface area contributed by atoms with Crippen LogP contribution in [0.1, 0.15) is 23.4 Å². The lowest BCUT2D eigenvalue weighted by atomic mass is 10.1. The largest absolute Gasteiger partial charge is 0.481 e. The Morgan fingerprint density at radius 2 is 1.66 bits per heavy atom. The fraction of sp³-hybridized carbons (Fsp3) is 0.250. The van der Waals surface area contributed by atoms with Gasteiger partial charge in [0.15, 0.2) is 0 Å². The number of nitrogens with one attached hydrogen (secondary N) is 1. The summed E-state index contributed by atoms with van der Waals surface area (Å²) in [5.41, 5.74) is 8.88. The van der Waals surface area contributed by atoms with Gasteiger partial charge >= 0.3 is 5.97 Å². The van der Waals surface area contributed by atoms with Crippen LogP contribution in [0, 0.1) is 5.41 Å². The molecular weight excluding hydrogens is 587 g/mol. The number of hydrogen-bond acceptors (Lipinski definition) is 6. The van der Waals surface area contributed by atoms with Gasteiger partial charge in [0.2, 0.25) is 0 Å². The van der Waals surface area contributed by atoms with Gasteiger partial charge in [-0.3, -0.25) is 14.5 Å². The van der Waals surface area contributed by atoms with Gasteiger partial charge < -0.3 is 20.3 Å². The van der Waals surface area contributed by atoms with Crippen LogP contribution in [-0.4, -0.2) is 67.0 Å². The van der Waals surface area contributed by atoms with Gasteiger partial charge in [-0.25, -0.2) is 13.4 Å². The first kappa shape index (κ1) is 33.6. The number of carboxylic acid groups (broad SMARTS) is 1. The number of imidazole rings is 1. The highest BCUT2D eigenvalue weighted by molar-refractivity contribution is 7.92. The third-order valence-corrected chi connectivity index (χ3v) is 8.20. The summed E-state index contributed by atoms with van der Waals surface area (Å²) >= 11 is 0. The SMILES string of the molecule is CN(C)CCN(c1ccc2c(c1)nc(Cc1ccc(C(=N)N)cc1)n2CCC(=O)O)S(=O)(=O)c1ccccc1.Cl.Cl. The Kier molecular flexibility index (Phi) is 11.7. The summed E-state index contributed by atoms with van der Waals surface area (Å²) in [5, 5.41) is 16.9. The number of aromatic nitrogens is 2. The van der Waals surface area contributed by atoms with Crippen LogP contribution in [0.4, 0.5) is 5.69 Å². The highest BCUT2D eigenvalue weighted by Crippen LogP contribution is 2.28. The van der Waals surface area contributed by atoms with Crippen molar-refractivity contribution < 1.29 is 18.3 Å². The minimum Gasteiger partial charge on any atom is -0.481 e. The quantitative estimate of drug-likeness (QED) is 0.160. The van der Waals surface area contributed by atoms with E-state index in [0.29, 0.717) is 35.6 Å². The molecule has 0 aliphatic heterocycles. The van der Waals surface area contributed by atoms with Gasteiger partial charge in [0.1, 0.15) is 11.7 Å². The number of benzene rings is 3. The average Bonchev–Trinajstić information content (AvgIpc) is 3.24. The number of aliphatic carboxylic acids is 1. The second kappa shape index (κ2) is 14.3. The first-order valence-electron chi connectivity index (χ1n) is 12.4. The molecule has 0 atom stereocenters. The summed E-state index contributed by atoms with van der Waals surface area (Å²) in [6.07, 6.45) is 0.343. The number of nitrogens with two attached hydrogens (primary N) is 1. The van der Waals surface area contributed by atoms with Gasteiger partial charge in [-0.2, -0.15) is 0 Å². The number of fused-ring (bicyclic) bond motifs is 1. The van der Waals surface area contributed by atoms with E-state index >= 15 is 0 Å². The Balaban J connectivity index is 0.00000294. The number of aryl methyl sites for hydroxylation is 1. The summed E-state index contributed by atoms with van der Waals surface area (Å²) in [7, 11) is -0.0665. The molecule has 0 amide bonds. The summed E-state index contributed by atoms with van der Waals surface area (Å²) in [5.74, 6) is -0.286. The number of anilines is 1. The predicted molar refractivity (Wildman–Crippen MR) is 166 cm³/mol. The van der Waals surface area contributed by atoms with Crippen molar-refractivity contribution in [1.29, 1.82) is 5.41 Å². The van der Waals surface area contributed by atoms with Gasteiger partial charge in [-0.1, -0.05) is 42.5 Å². The van der Waals surface area contributed by atoms with E-state index in [1.54, 1.807) is 60.7 Å². The summed E-state index contributed by atoms with van der Waals surface area (Å²) in [6.45, 7) is 0.974. The molecule has 41 heavy (non-hydrogen) atoms. The zero-order valence-electron chi connectivity index (χ0n) is 22.7. The molecule has 10 nitrogen and oxygen atoms in total. The molecule has 4 aromatic rings. The van der Waals surface area contributed by atoms with Crippen molar-refractivity contribution in [3.05, 3.63) is 89.7 Å². The van der Waals surface area contributed by atoms with Crippen molar-refractivity contribution in [2.24, 2.45) is 5.73 Å². The molecule has 0 bridgehead atoms. The van der Waals surface area contributed by atoms with Crippen LogP contribution >= 0.6 is 24.8 Å². The number of halogens is 2. The molecule has 0 aliphatic rings. The van der Waals surface area contributed by atoms with E-state index in [9.17, 15) is 18.3 Å². The van der Waals surface area contributed by atoms with Crippen LogP contribution in [0.3, 0.4) is 0 Å². The molecule has 0 saturated carbocycles. The van der Waals surface area contributed by atoms with Crippen LogP contribution in [-0.2, 0) is 27.8 Å². The van der Waals surface area contributed by atoms with Gasteiger partial charge in [0.25, 0.3) is 10.0 Å². The second-order valence-corrected chi connectivity index (χ2v) is 11.3. The maximum atomic E-state index is 13.6. The van der Waals surface area contributed by atoms with Crippen molar-refractivity contribution in [1.82, 2.24) is 14.5 Å². The Labute approximate surface area is 252 Å². The van der Waals surface area contributed by atoms with E-state index in [2.05, 4.69) is 0 Å². The van der Waals surface area contributed by atoms with E-state index < -0.39 is 16.0 Å². The van der Waals surface area contributed by atoms with Crippen LogP contribution in [0.25, 0.3) is 11.0 Å². The summed E-state index contributed by atoms with van der Waals surface area (Å²) in [6, 6.07) is 20.8. The molecule has 0 fully saturated rings. The molecule has 4 rings (SSSR count). The van der Waals surface area contributed by atoms with Gasteiger partial charge in [0.05, 0.1) is 28.0 Å². The molecule has 220 valence electrons. The van der Waals surface area contributed by atoms with E-state index in [-0.39, 0.29) is 55.1 Å². The molecule has 1 aromatic heterocycles. The number of sulfonamides is 1. The molecule has 0 unspecified atom stereocenters. The smallest absolute Gasteiger partial charge is 0.305 e. The highest BCUT2D eigenvalue weighted by Gasteiger charge is 2.26. The first-order valence-corrected chi connectivity index (χ1v) is 13.9. The molecule has 0 saturated heterocycles. The Morgan fingerprint density at radius 3 is 2.24 bits per heavy atom. The van der Waals surface area contributed by atoms with E-state index in [1.807, 2.05) is 35.7 Å². The Bertz CT molecular complexity index is 1590. The summed E-state index contributed by atoms with van der Waals surface area (Å²) in [4.78, 5) is 18.3. The second-order valence-electron chi connectivity index (χ2n) is 9.48. The van der Waals surface area contributed by atoms with Gasteiger partial charge in [-0.15, -0.1) is 24.8 Å².